The van der Waals surface area contributed by atoms with Crippen LogP contribution in [0.1, 0.15) is 93.2 Å². The first kappa shape index (κ1) is 57.2. The van der Waals surface area contributed by atoms with Gasteiger partial charge in [0.1, 0.15) is 44.7 Å². The zero-order valence-electron chi connectivity index (χ0n) is 41.4. The topological polar surface area (TPSA) is 297 Å². The number of aliphatic carboxylic acids is 2. The van der Waals surface area contributed by atoms with Crippen molar-refractivity contribution in [3.63, 3.8) is 0 Å². The van der Waals surface area contributed by atoms with Gasteiger partial charge in [-0.1, -0.05) is 35.3 Å². The quantitative estimate of drug-likeness (QED) is 0.104. The van der Waals surface area contributed by atoms with Gasteiger partial charge in [-0.2, -0.15) is 10.2 Å². The number of aliphatic hydroxyl groups is 2. The lowest BCUT2D eigenvalue weighted by Gasteiger charge is -2.37. The number of benzene rings is 2. The highest BCUT2D eigenvalue weighted by Crippen LogP contribution is 2.42. The summed E-state index contributed by atoms with van der Waals surface area (Å²) in [5.74, 6) is -3.63. The van der Waals surface area contributed by atoms with Crippen LogP contribution in [0.15, 0.2) is 58.6 Å². The molecule has 26 heteroatoms. The van der Waals surface area contributed by atoms with Crippen LogP contribution in [-0.4, -0.2) is 128 Å². The molecule has 2 aliphatic heterocycles. The Labute approximate surface area is 427 Å². The molecule has 0 unspecified atom stereocenters. The molecule has 2 aromatic carbocycles. The van der Waals surface area contributed by atoms with E-state index in [0.29, 0.717) is 24.2 Å². The van der Waals surface area contributed by atoms with Crippen LogP contribution in [0.25, 0.3) is 0 Å². The summed E-state index contributed by atoms with van der Waals surface area (Å²) in [6.45, 7) is 16.4. The van der Waals surface area contributed by atoms with Gasteiger partial charge in [-0.3, -0.25) is 27.6 Å². The monoisotopic (exact) mass is 1090 g/mol. The van der Waals surface area contributed by atoms with Crippen LogP contribution >= 0.6 is 23.2 Å². The average Bonchev–Trinajstić information content (AvgIpc) is 3.84. The lowest BCUT2D eigenvalue weighted by Crippen LogP contribution is -2.48. The highest BCUT2D eigenvalue weighted by atomic mass is 35.5. The number of aromatic nitrogens is 4. The molecule has 22 nitrogen and oxygen atoms in total. The van der Waals surface area contributed by atoms with E-state index in [1.807, 2.05) is 0 Å². The Morgan fingerprint density at radius 3 is 1.25 bits per heavy atom. The fraction of sp³-hybridized carbons (Fsp3) is 0.522. The van der Waals surface area contributed by atoms with E-state index in [2.05, 4.69) is 10.2 Å². The number of nitrogens with zero attached hydrogens (tertiary/aromatic N) is 6. The molecule has 72 heavy (non-hydrogen) atoms. The maximum atomic E-state index is 13.7. The van der Waals surface area contributed by atoms with Crippen LogP contribution in [0.3, 0.4) is 0 Å². The van der Waals surface area contributed by atoms with E-state index >= 15 is 0 Å². The first-order valence-corrected chi connectivity index (χ1v) is 26.2. The number of carboxylic acids is 2. The number of halogens is 2. The molecule has 0 aliphatic carbocycles. The average molecular weight is 1090 g/mol. The maximum absolute atomic E-state index is 13.7. The Morgan fingerprint density at radius 1 is 0.639 bits per heavy atom. The van der Waals surface area contributed by atoms with E-state index in [9.17, 15) is 56.4 Å². The summed E-state index contributed by atoms with van der Waals surface area (Å²) < 4.78 is 82.2. The van der Waals surface area contributed by atoms with Crippen LogP contribution in [0, 0.1) is 0 Å². The van der Waals surface area contributed by atoms with E-state index in [4.69, 9.17) is 42.1 Å². The number of aryl methyl sites for hydroxylation is 2. The smallest absolute Gasteiger partial charge is 0.335 e. The van der Waals surface area contributed by atoms with Crippen LogP contribution in [0.2, 0.25) is 10.3 Å². The lowest BCUT2D eigenvalue weighted by molar-refractivity contribution is -0.159. The molecular weight excluding hydrogens is 1030 g/mol. The molecule has 4 heterocycles. The van der Waals surface area contributed by atoms with Crippen molar-refractivity contribution in [2.75, 3.05) is 21.7 Å². The number of hydrogen-bond acceptors (Lipinski definition) is 16. The third-order valence-electron chi connectivity index (χ3n) is 10.8. The van der Waals surface area contributed by atoms with Gasteiger partial charge in [-0.25, -0.2) is 26.4 Å². The first-order chi connectivity index (χ1) is 33.1. The highest BCUT2D eigenvalue weighted by molar-refractivity contribution is 7.93. The lowest BCUT2D eigenvalue weighted by atomic mass is 9.97. The fourth-order valence-electron chi connectivity index (χ4n) is 7.42. The first-order valence-electron chi connectivity index (χ1n) is 22.5. The fourth-order valence-corrected chi connectivity index (χ4v) is 11.3. The van der Waals surface area contributed by atoms with E-state index in [0.717, 1.165) is 22.5 Å². The molecule has 4 N–H and O–H groups in total. The van der Waals surface area contributed by atoms with Crippen molar-refractivity contribution < 1.29 is 75.4 Å². The number of carboxylic acid groups (broad SMARTS) is 2. The van der Waals surface area contributed by atoms with Crippen LogP contribution in [0.4, 0.5) is 11.4 Å². The van der Waals surface area contributed by atoms with Gasteiger partial charge in [0, 0.05) is 38.3 Å². The molecule has 0 saturated carbocycles. The van der Waals surface area contributed by atoms with Crippen LogP contribution in [-0.2, 0) is 74.6 Å². The van der Waals surface area contributed by atoms with Gasteiger partial charge in [0.05, 0.1) is 37.3 Å². The standard InChI is InChI=1S/2C23H30ClN3O8S/c2*1-6-26-13-18(20(24)25-26)36(32,33)27-12-15(11-23(5,31)21(29)30)34-17-8-7-14(9-16(17)27)10-19(28)35-22(2,3)4/h2*7-9,13,15,31H,6,10-12H2,1-5H3,(H,29,30)/t15-,23+;15-,23-/m00/s1. The number of anilines is 2. The van der Waals surface area contributed by atoms with E-state index in [-0.39, 0.29) is 81.7 Å². The minimum Gasteiger partial charge on any atom is -0.486 e. The van der Waals surface area contributed by atoms with Gasteiger partial charge in [0.2, 0.25) is 0 Å². The van der Waals surface area contributed by atoms with Crippen molar-refractivity contribution in [2.24, 2.45) is 0 Å². The molecule has 0 radical (unpaired) electrons. The zero-order valence-corrected chi connectivity index (χ0v) is 44.5. The van der Waals surface area contributed by atoms with Crippen LogP contribution in [0.5, 0.6) is 11.5 Å². The SMILES string of the molecule is CCn1cc(S(=O)(=O)N2C[C@H](C[C@@](C)(O)C(=O)O)Oc3ccc(CC(=O)OC(C)(C)C)cc32)c(Cl)n1.CCn1cc(S(=O)(=O)N2C[C@H](C[C@](C)(O)C(=O)O)Oc3ccc(CC(=O)OC(C)(C)C)cc32)c(Cl)n1. The second kappa shape index (κ2) is 21.4. The van der Waals surface area contributed by atoms with Gasteiger partial charge in [0.15, 0.2) is 21.5 Å². The number of carbonyl (C=O) groups excluding carboxylic acids is 2. The summed E-state index contributed by atoms with van der Waals surface area (Å²) in [6.07, 6.45) is -0.344. The van der Waals surface area contributed by atoms with E-state index in [1.165, 1.54) is 46.0 Å². The second-order valence-corrected chi connectivity index (χ2v) is 23.9. The largest absolute Gasteiger partial charge is 0.486 e. The molecule has 4 aromatic rings. The molecule has 0 amide bonds. The second-order valence-electron chi connectivity index (χ2n) is 19.5. The van der Waals surface area contributed by atoms with Crippen molar-refractivity contribution in [3.05, 3.63) is 70.2 Å². The van der Waals surface area contributed by atoms with Crippen molar-refractivity contribution >= 4 is 78.5 Å². The number of rotatable bonds is 16. The number of sulfonamides is 2. The number of hydrogen-bond donors (Lipinski definition) is 4. The maximum Gasteiger partial charge on any atom is 0.335 e. The van der Waals surface area contributed by atoms with Gasteiger partial charge in [-0.15, -0.1) is 0 Å². The molecule has 6 rings (SSSR count). The van der Waals surface area contributed by atoms with Crippen LogP contribution < -0.4 is 18.1 Å². The predicted octanol–water partition coefficient (Wildman–Crippen LogP) is 5.25. The molecule has 0 fully saturated rings. The Morgan fingerprint density at radius 2 is 0.972 bits per heavy atom. The van der Waals surface area contributed by atoms with Crippen molar-refractivity contribution in [2.45, 2.75) is 152 Å². The number of fused-ring (bicyclic) bond motifs is 2. The molecule has 4 atom stereocenters. The summed E-state index contributed by atoms with van der Waals surface area (Å²) in [6, 6.07) is 9.17. The molecule has 2 aliphatic rings. The third-order valence-corrected chi connectivity index (χ3v) is 15.1. The Hall–Kier alpha value is -5.66. The number of carbonyl (C=O) groups is 4. The van der Waals surface area contributed by atoms with E-state index in [1.54, 1.807) is 67.5 Å². The van der Waals surface area contributed by atoms with Crippen molar-refractivity contribution in [1.82, 2.24) is 19.6 Å². The summed E-state index contributed by atoms with van der Waals surface area (Å²) in [5.41, 5.74) is -4.43. The molecular formula is C46H60Cl2N6O16S2. The normalized spacial score (nSPS) is 17.6. The Bertz CT molecular complexity index is 2730. The number of esters is 2. The number of ether oxygens (including phenoxy) is 4. The highest BCUT2D eigenvalue weighted by Gasteiger charge is 2.43. The van der Waals surface area contributed by atoms with Gasteiger partial charge in [-0.05, 0) is 105 Å². The summed E-state index contributed by atoms with van der Waals surface area (Å²) in [4.78, 5) is 47.1. The predicted molar refractivity (Wildman–Crippen MR) is 261 cm³/mol. The summed E-state index contributed by atoms with van der Waals surface area (Å²) >= 11 is 12.3. The Balaban J connectivity index is 0.000000267. The van der Waals surface area contributed by atoms with E-state index < -0.39 is 78.5 Å². The van der Waals surface area contributed by atoms with Gasteiger partial charge in [0.25, 0.3) is 20.0 Å². The van der Waals surface area contributed by atoms with Crippen molar-refractivity contribution in [1.29, 1.82) is 0 Å². The molecule has 396 valence electrons. The molecule has 2 aromatic heterocycles. The molecule has 0 spiro atoms. The summed E-state index contributed by atoms with van der Waals surface area (Å²) in [5, 5.41) is 46.8. The summed E-state index contributed by atoms with van der Waals surface area (Å²) in [7, 11) is -8.57. The molecule has 0 bridgehead atoms. The van der Waals surface area contributed by atoms with Gasteiger partial charge >= 0.3 is 23.9 Å². The minimum atomic E-state index is -4.29. The van der Waals surface area contributed by atoms with Crippen molar-refractivity contribution in [3.8, 4) is 11.5 Å². The Kier molecular flexibility index (Phi) is 17.0. The third kappa shape index (κ3) is 13.9. The van der Waals surface area contributed by atoms with Gasteiger partial charge < -0.3 is 39.4 Å². The zero-order chi connectivity index (χ0) is 54.1. The minimum absolute atomic E-state index is 0.107. The molecule has 0 saturated heterocycles.